The van der Waals surface area contributed by atoms with E-state index in [9.17, 15) is 4.79 Å². The Balaban J connectivity index is 1.37. The summed E-state index contributed by atoms with van der Waals surface area (Å²) in [4.78, 5) is 14.6. The molecule has 1 saturated carbocycles. The normalized spacial score (nSPS) is 19.2. The number of amides is 1. The number of ether oxygens (including phenoxy) is 1. The van der Waals surface area contributed by atoms with Gasteiger partial charge in [0, 0.05) is 18.7 Å². The van der Waals surface area contributed by atoms with Crippen LogP contribution in [0.25, 0.3) is 11.5 Å². The van der Waals surface area contributed by atoms with Crippen LogP contribution in [0.15, 0.2) is 28.7 Å². The lowest BCUT2D eigenvalue weighted by molar-refractivity contribution is -0.133. The van der Waals surface area contributed by atoms with Gasteiger partial charge in [-0.3, -0.25) is 4.79 Å². The zero-order valence-corrected chi connectivity index (χ0v) is 15.2. The average Bonchev–Trinajstić information content (AvgIpc) is 3.26. The van der Waals surface area contributed by atoms with Crippen molar-refractivity contribution in [1.82, 2.24) is 15.1 Å². The molecule has 7 heteroatoms. The topological polar surface area (TPSA) is 80.5 Å². The highest BCUT2D eigenvalue weighted by Gasteiger charge is 2.45. The van der Waals surface area contributed by atoms with Gasteiger partial charge in [-0.1, -0.05) is 11.2 Å². The Bertz CT molecular complexity index is 790. The zero-order chi connectivity index (χ0) is 18.1. The molecule has 7 nitrogen and oxygen atoms in total. The predicted octanol–water partition coefficient (Wildman–Crippen LogP) is 2.95. The molecule has 1 aliphatic carbocycles. The second-order valence-electron chi connectivity index (χ2n) is 7.34. The minimum Gasteiger partial charge on any atom is -0.497 e. The minimum atomic E-state index is -0.401. The molecule has 1 aliphatic heterocycles. The molecule has 0 bridgehead atoms. The molecular weight excluding hydrogens is 332 g/mol. The van der Waals surface area contributed by atoms with Crippen LogP contribution >= 0.6 is 0 Å². The maximum absolute atomic E-state index is 12.7. The van der Waals surface area contributed by atoms with Crippen molar-refractivity contribution in [3.63, 3.8) is 0 Å². The Morgan fingerprint density at radius 1 is 1.27 bits per heavy atom. The van der Waals surface area contributed by atoms with Crippen molar-refractivity contribution < 1.29 is 13.9 Å². The highest BCUT2D eigenvalue weighted by molar-refractivity contribution is 5.83. The molecule has 1 aromatic heterocycles. The van der Waals surface area contributed by atoms with Crippen molar-refractivity contribution in [2.45, 2.75) is 38.6 Å². The van der Waals surface area contributed by atoms with Gasteiger partial charge in [-0.25, -0.2) is 0 Å². The van der Waals surface area contributed by atoms with Crippen LogP contribution in [0, 0.1) is 5.41 Å². The largest absolute Gasteiger partial charge is 0.497 e. The van der Waals surface area contributed by atoms with Gasteiger partial charge in [0.1, 0.15) is 11.8 Å². The number of hydrogen-bond donors (Lipinski definition) is 1. The molecule has 0 radical (unpaired) electrons. The van der Waals surface area contributed by atoms with Gasteiger partial charge in [-0.15, -0.1) is 5.10 Å². The average molecular weight is 356 g/mol. The fraction of sp³-hybridized carbons (Fsp3) is 0.526. The Hall–Kier alpha value is -2.57. The Morgan fingerprint density at radius 2 is 2.04 bits per heavy atom. The van der Waals surface area contributed by atoms with E-state index < -0.39 is 6.04 Å². The smallest absolute Gasteiger partial charge is 0.316 e. The zero-order valence-electron chi connectivity index (χ0n) is 15.2. The molecule has 2 heterocycles. The lowest BCUT2D eigenvalue weighted by atomic mass is 9.93. The van der Waals surface area contributed by atoms with E-state index in [0.29, 0.717) is 11.3 Å². The molecule has 0 unspecified atom stereocenters. The third kappa shape index (κ3) is 3.38. The minimum absolute atomic E-state index is 0.0848. The Labute approximate surface area is 152 Å². The number of nitrogens with one attached hydrogen (secondary N) is 1. The van der Waals surface area contributed by atoms with Crippen LogP contribution in [-0.2, 0) is 4.79 Å². The number of hydrogen-bond acceptors (Lipinski definition) is 6. The number of anilines is 1. The van der Waals surface area contributed by atoms with Crippen molar-refractivity contribution in [1.29, 1.82) is 0 Å². The SMILES string of the molecule is COc1cccc(-c2nnc(N[C@@H](C)C(=O)N3CCC4(CC3)CC4)o2)c1. The first kappa shape index (κ1) is 16.9. The summed E-state index contributed by atoms with van der Waals surface area (Å²) in [6.45, 7) is 3.53. The summed E-state index contributed by atoms with van der Waals surface area (Å²) < 4.78 is 10.9. The summed E-state index contributed by atoms with van der Waals surface area (Å²) in [5, 5.41) is 11.1. The summed E-state index contributed by atoms with van der Waals surface area (Å²) in [7, 11) is 1.61. The van der Waals surface area contributed by atoms with Gasteiger partial charge in [0.15, 0.2) is 0 Å². The van der Waals surface area contributed by atoms with Crippen molar-refractivity contribution in [3.8, 4) is 17.2 Å². The van der Waals surface area contributed by atoms with Crippen LogP contribution in [0.1, 0.15) is 32.6 Å². The summed E-state index contributed by atoms with van der Waals surface area (Å²) in [5.74, 6) is 1.19. The van der Waals surface area contributed by atoms with Crippen LogP contribution in [0.4, 0.5) is 6.01 Å². The summed E-state index contributed by atoms with van der Waals surface area (Å²) >= 11 is 0. The van der Waals surface area contributed by atoms with E-state index in [4.69, 9.17) is 9.15 Å². The van der Waals surface area contributed by atoms with Crippen molar-refractivity contribution in [3.05, 3.63) is 24.3 Å². The van der Waals surface area contributed by atoms with Crippen LogP contribution in [0.2, 0.25) is 0 Å². The van der Waals surface area contributed by atoms with Crippen molar-refractivity contribution in [2.24, 2.45) is 5.41 Å². The lowest BCUT2D eigenvalue weighted by Gasteiger charge is -2.33. The van der Waals surface area contributed by atoms with E-state index >= 15 is 0 Å². The standard InChI is InChI=1S/C19H24N4O3/c1-13(17(24)23-10-8-19(6-7-19)9-11-23)20-18-22-21-16(26-18)14-4-3-5-15(12-14)25-2/h3-5,12-13H,6-11H2,1-2H3,(H,20,22)/t13-/m0/s1. The van der Waals surface area contributed by atoms with E-state index in [1.165, 1.54) is 12.8 Å². The van der Waals surface area contributed by atoms with Crippen molar-refractivity contribution >= 4 is 11.9 Å². The predicted molar refractivity (Wildman–Crippen MR) is 96.9 cm³/mol. The first-order valence-corrected chi connectivity index (χ1v) is 9.12. The molecular formula is C19H24N4O3. The number of piperidine rings is 1. The van der Waals surface area contributed by atoms with Gasteiger partial charge in [-0.2, -0.15) is 0 Å². The second-order valence-corrected chi connectivity index (χ2v) is 7.34. The second kappa shape index (κ2) is 6.63. The molecule has 138 valence electrons. The van der Waals surface area contributed by atoms with Gasteiger partial charge in [0.05, 0.1) is 7.11 Å². The maximum atomic E-state index is 12.7. The third-order valence-electron chi connectivity index (χ3n) is 5.54. The van der Waals surface area contributed by atoms with Crippen molar-refractivity contribution in [2.75, 3.05) is 25.5 Å². The Kier molecular flexibility index (Phi) is 4.30. The number of carbonyl (C=O) groups is 1. The molecule has 2 aliphatic rings. The number of carbonyl (C=O) groups excluding carboxylic acids is 1. The van der Waals surface area contributed by atoms with Crippen LogP contribution < -0.4 is 10.1 Å². The highest BCUT2D eigenvalue weighted by Crippen LogP contribution is 2.53. The van der Waals surface area contributed by atoms with Gasteiger partial charge >= 0.3 is 6.01 Å². The molecule has 1 N–H and O–H groups in total. The number of methoxy groups -OCH3 is 1. The van der Waals surface area contributed by atoms with Gasteiger partial charge in [-0.05, 0) is 56.2 Å². The van der Waals surface area contributed by atoms with Gasteiger partial charge in [0.25, 0.3) is 0 Å². The van der Waals surface area contributed by atoms with Crippen LogP contribution in [-0.4, -0.2) is 47.2 Å². The fourth-order valence-electron chi connectivity index (χ4n) is 3.55. The summed E-state index contributed by atoms with van der Waals surface area (Å²) in [6, 6.07) is 7.26. The van der Waals surface area contributed by atoms with E-state index in [2.05, 4.69) is 15.5 Å². The lowest BCUT2D eigenvalue weighted by Crippen LogP contribution is -2.45. The number of likely N-dealkylation sites (tertiary alicyclic amines) is 1. The van der Waals surface area contributed by atoms with E-state index in [-0.39, 0.29) is 11.9 Å². The molecule has 1 aromatic carbocycles. The number of nitrogens with zero attached hydrogens (tertiary/aromatic N) is 3. The van der Waals surface area contributed by atoms with Crippen LogP contribution in [0.5, 0.6) is 5.75 Å². The fourth-order valence-corrected chi connectivity index (χ4v) is 3.55. The molecule has 1 amide bonds. The molecule has 26 heavy (non-hydrogen) atoms. The van der Waals surface area contributed by atoms with Crippen LogP contribution in [0.3, 0.4) is 0 Å². The van der Waals surface area contributed by atoms with E-state index in [0.717, 1.165) is 37.2 Å². The number of rotatable bonds is 5. The first-order valence-electron chi connectivity index (χ1n) is 9.12. The monoisotopic (exact) mass is 356 g/mol. The molecule has 1 saturated heterocycles. The van der Waals surface area contributed by atoms with E-state index in [1.807, 2.05) is 36.1 Å². The van der Waals surface area contributed by atoms with Gasteiger partial charge < -0.3 is 19.4 Å². The number of aromatic nitrogens is 2. The molecule has 1 spiro atoms. The third-order valence-corrected chi connectivity index (χ3v) is 5.54. The molecule has 4 rings (SSSR count). The molecule has 1 atom stereocenters. The number of benzene rings is 1. The quantitative estimate of drug-likeness (QED) is 0.887. The molecule has 2 aromatic rings. The maximum Gasteiger partial charge on any atom is 0.316 e. The molecule has 2 fully saturated rings. The summed E-state index contributed by atoms with van der Waals surface area (Å²) in [6.07, 6.45) is 4.92. The first-order chi connectivity index (χ1) is 12.6. The highest BCUT2D eigenvalue weighted by atomic mass is 16.5. The Morgan fingerprint density at radius 3 is 2.73 bits per heavy atom. The summed E-state index contributed by atoms with van der Waals surface area (Å²) in [5.41, 5.74) is 1.33. The van der Waals surface area contributed by atoms with Gasteiger partial charge in [0.2, 0.25) is 11.8 Å². The van der Waals surface area contributed by atoms with E-state index in [1.54, 1.807) is 7.11 Å².